The maximum Gasteiger partial charge on any atom is 0.250 e. The molecule has 0 saturated heterocycles. The molecule has 0 radical (unpaired) electrons. The summed E-state index contributed by atoms with van der Waals surface area (Å²) in [6.45, 7) is 4.03. The Hall–Kier alpha value is -4.73. The quantitative estimate of drug-likeness (QED) is 0.354. The van der Waals surface area contributed by atoms with Crippen molar-refractivity contribution in [1.29, 1.82) is 0 Å². The predicted molar refractivity (Wildman–Crippen MR) is 134 cm³/mol. The van der Waals surface area contributed by atoms with Gasteiger partial charge in [-0.2, -0.15) is 5.10 Å². The van der Waals surface area contributed by atoms with Gasteiger partial charge in [0, 0.05) is 23.3 Å². The number of benzene rings is 2. The molecule has 0 bridgehead atoms. The van der Waals surface area contributed by atoms with Crippen molar-refractivity contribution in [2.24, 2.45) is 0 Å². The van der Waals surface area contributed by atoms with Crippen LogP contribution >= 0.6 is 0 Å². The second-order valence-corrected chi connectivity index (χ2v) is 8.93. The van der Waals surface area contributed by atoms with Gasteiger partial charge in [0.1, 0.15) is 17.5 Å². The van der Waals surface area contributed by atoms with Crippen LogP contribution in [0.4, 0.5) is 15.9 Å². The largest absolute Gasteiger partial charge is 0.505 e. The molecule has 1 fully saturated rings. The lowest BCUT2D eigenvalue weighted by Crippen LogP contribution is -2.40. The number of nitrogens with two attached hydrogens (primary N) is 1. The number of carbonyl (C=O) groups is 1. The Morgan fingerprint density at radius 1 is 1.22 bits per heavy atom. The van der Waals surface area contributed by atoms with Crippen LogP contribution in [0.1, 0.15) is 12.8 Å². The Morgan fingerprint density at radius 2 is 2.00 bits per heavy atom. The molecule has 180 valence electrons. The molecule has 3 N–H and O–H groups in total. The van der Waals surface area contributed by atoms with Gasteiger partial charge in [-0.05, 0) is 43.2 Å². The number of para-hydroxylation sites is 1. The van der Waals surface area contributed by atoms with Crippen molar-refractivity contribution in [3.05, 3.63) is 79.5 Å². The van der Waals surface area contributed by atoms with Gasteiger partial charge in [-0.1, -0.05) is 24.8 Å². The fourth-order valence-corrected chi connectivity index (χ4v) is 4.68. The van der Waals surface area contributed by atoms with E-state index in [1.165, 1.54) is 24.5 Å². The Labute approximate surface area is 204 Å². The lowest BCUT2D eigenvalue weighted by molar-refractivity contribution is -0.114. The molecule has 2 aromatic carbocycles. The Balaban J connectivity index is 1.52. The maximum absolute atomic E-state index is 14.2. The van der Waals surface area contributed by atoms with Gasteiger partial charge < -0.3 is 15.7 Å². The first-order valence-electron chi connectivity index (χ1n) is 11.4. The molecule has 5 aromatic rings. The summed E-state index contributed by atoms with van der Waals surface area (Å²) in [6.07, 6.45) is 5.96. The van der Waals surface area contributed by atoms with E-state index >= 15 is 0 Å². The van der Waals surface area contributed by atoms with Crippen LogP contribution in [0.3, 0.4) is 0 Å². The molecule has 1 aliphatic carbocycles. The lowest BCUT2D eigenvalue weighted by Gasteiger charge is -2.27. The SMILES string of the molecule is C=CC(=O)N(CC1(n2nc(-n3ccc4cc(O)c(F)cc43)c3c(N)ncnc32)CC1)c1ccccc1. The van der Waals surface area contributed by atoms with E-state index in [4.69, 9.17) is 10.8 Å². The fraction of sp³-hybridized carbons (Fsp3) is 0.154. The van der Waals surface area contributed by atoms with Crippen LogP contribution in [-0.2, 0) is 10.3 Å². The number of rotatable bonds is 6. The van der Waals surface area contributed by atoms with Gasteiger partial charge in [-0.25, -0.2) is 19.0 Å². The number of hydrogen-bond donors (Lipinski definition) is 2. The molecule has 1 saturated carbocycles. The highest BCUT2D eigenvalue weighted by Crippen LogP contribution is 2.47. The molecule has 9 nitrogen and oxygen atoms in total. The van der Waals surface area contributed by atoms with Gasteiger partial charge in [0.2, 0.25) is 5.91 Å². The minimum atomic E-state index is -0.740. The van der Waals surface area contributed by atoms with Crippen molar-refractivity contribution in [2.75, 3.05) is 17.2 Å². The van der Waals surface area contributed by atoms with E-state index < -0.39 is 17.1 Å². The van der Waals surface area contributed by atoms with Gasteiger partial charge in [-0.3, -0.25) is 9.36 Å². The van der Waals surface area contributed by atoms with E-state index in [-0.39, 0.29) is 11.7 Å². The number of hydrogen-bond acceptors (Lipinski definition) is 6. The standard InChI is InChI=1S/C26H22FN7O2/c1-2-21(36)33(17-6-4-3-5-7-17)14-26(9-10-26)34-24-22(23(28)29-15-30-24)25(31-34)32-11-8-16-12-20(35)18(27)13-19(16)32/h2-8,11-13,15,35H,1,9-10,14H2,(H2,28,29,30). The third kappa shape index (κ3) is 3.29. The smallest absolute Gasteiger partial charge is 0.250 e. The number of phenols is 1. The second kappa shape index (κ2) is 7.91. The molecule has 1 aliphatic rings. The molecular formula is C26H22FN7O2. The molecule has 6 rings (SSSR count). The van der Waals surface area contributed by atoms with Gasteiger partial charge in [0.25, 0.3) is 0 Å². The summed E-state index contributed by atoms with van der Waals surface area (Å²) < 4.78 is 17.8. The van der Waals surface area contributed by atoms with Crippen LogP contribution in [0, 0.1) is 5.82 Å². The summed E-state index contributed by atoms with van der Waals surface area (Å²) in [5, 5.41) is 15.9. The summed E-state index contributed by atoms with van der Waals surface area (Å²) in [6, 6.07) is 13.8. The number of halogens is 1. The van der Waals surface area contributed by atoms with Gasteiger partial charge >= 0.3 is 0 Å². The van der Waals surface area contributed by atoms with Crippen LogP contribution in [0.15, 0.2) is 73.7 Å². The molecule has 3 heterocycles. The van der Waals surface area contributed by atoms with Crippen molar-refractivity contribution >= 4 is 39.3 Å². The number of aromatic hydroxyl groups is 1. The maximum atomic E-state index is 14.2. The van der Waals surface area contributed by atoms with Crippen molar-refractivity contribution in [2.45, 2.75) is 18.4 Å². The zero-order valence-electron chi connectivity index (χ0n) is 19.2. The zero-order chi connectivity index (χ0) is 25.0. The number of anilines is 2. The van der Waals surface area contributed by atoms with E-state index in [1.807, 2.05) is 35.0 Å². The highest BCUT2D eigenvalue weighted by molar-refractivity contribution is 6.01. The Kier molecular flexibility index (Phi) is 4.78. The number of amides is 1. The summed E-state index contributed by atoms with van der Waals surface area (Å²) >= 11 is 0. The Morgan fingerprint density at radius 3 is 2.72 bits per heavy atom. The molecular weight excluding hydrogens is 461 g/mol. The second-order valence-electron chi connectivity index (χ2n) is 8.93. The number of nitrogens with zero attached hydrogens (tertiary/aromatic N) is 6. The molecule has 3 aromatic heterocycles. The van der Waals surface area contributed by atoms with Crippen LogP contribution in [0.2, 0.25) is 0 Å². The van der Waals surface area contributed by atoms with Gasteiger partial charge in [0.15, 0.2) is 23.0 Å². The monoisotopic (exact) mass is 483 g/mol. The third-order valence-corrected chi connectivity index (χ3v) is 6.70. The number of nitrogen functional groups attached to an aromatic ring is 1. The molecule has 1 amide bonds. The summed E-state index contributed by atoms with van der Waals surface area (Å²) in [5.74, 6) is -0.709. The Bertz CT molecular complexity index is 1650. The van der Waals surface area contributed by atoms with Crippen molar-refractivity contribution < 1.29 is 14.3 Å². The molecule has 0 unspecified atom stereocenters. The van der Waals surface area contributed by atoms with Crippen LogP contribution in [-0.4, -0.2) is 41.9 Å². The van der Waals surface area contributed by atoms with Crippen molar-refractivity contribution in [3.63, 3.8) is 0 Å². The lowest BCUT2D eigenvalue weighted by atomic mass is 10.2. The number of phenolic OH excluding ortho intramolecular Hbond substituents is 1. The number of fused-ring (bicyclic) bond motifs is 2. The average molecular weight is 484 g/mol. The topological polar surface area (TPSA) is 115 Å². The van der Waals surface area contributed by atoms with Crippen molar-refractivity contribution in [1.82, 2.24) is 24.3 Å². The van der Waals surface area contributed by atoms with Gasteiger partial charge in [-0.15, -0.1) is 0 Å². The van der Waals surface area contributed by atoms with Gasteiger partial charge in [0.05, 0.1) is 17.6 Å². The highest BCUT2D eigenvalue weighted by atomic mass is 19.1. The first-order chi connectivity index (χ1) is 17.4. The van der Waals surface area contributed by atoms with Crippen molar-refractivity contribution in [3.8, 4) is 11.6 Å². The highest BCUT2D eigenvalue weighted by Gasteiger charge is 2.49. The van der Waals surface area contributed by atoms with Crippen LogP contribution in [0.5, 0.6) is 5.75 Å². The minimum Gasteiger partial charge on any atom is -0.505 e. The van der Waals surface area contributed by atoms with E-state index in [9.17, 15) is 14.3 Å². The molecule has 0 spiro atoms. The average Bonchev–Trinajstić information content (AvgIpc) is 3.40. The normalized spacial score (nSPS) is 14.2. The first-order valence-corrected chi connectivity index (χ1v) is 11.4. The first kappa shape index (κ1) is 21.8. The number of aromatic nitrogens is 5. The van der Waals surface area contributed by atoms with E-state index in [0.29, 0.717) is 34.3 Å². The minimum absolute atomic E-state index is 0.218. The van der Waals surface area contributed by atoms with Crippen LogP contribution < -0.4 is 10.6 Å². The third-order valence-electron chi connectivity index (χ3n) is 6.70. The molecule has 0 atom stereocenters. The predicted octanol–water partition coefficient (Wildman–Crippen LogP) is 3.91. The molecule has 0 aliphatic heterocycles. The molecule has 36 heavy (non-hydrogen) atoms. The van der Waals surface area contributed by atoms with E-state index in [0.717, 1.165) is 18.5 Å². The summed E-state index contributed by atoms with van der Waals surface area (Å²) in [5.41, 5.74) is 7.57. The molecule has 10 heteroatoms. The van der Waals surface area contributed by atoms with E-state index in [1.54, 1.807) is 21.7 Å². The fourth-order valence-electron chi connectivity index (χ4n) is 4.68. The van der Waals surface area contributed by atoms with Crippen LogP contribution in [0.25, 0.3) is 27.8 Å². The summed E-state index contributed by atoms with van der Waals surface area (Å²) in [4.78, 5) is 23.2. The summed E-state index contributed by atoms with van der Waals surface area (Å²) in [7, 11) is 0. The zero-order valence-corrected chi connectivity index (χ0v) is 19.2. The number of carbonyl (C=O) groups excluding carboxylic acids is 1. The van der Waals surface area contributed by atoms with E-state index in [2.05, 4.69) is 16.5 Å².